The van der Waals surface area contributed by atoms with Crippen LogP contribution in [0.1, 0.15) is 43.7 Å². The first-order valence-electron chi connectivity index (χ1n) is 11.0. The van der Waals surface area contributed by atoms with Gasteiger partial charge < -0.3 is 9.80 Å². The Morgan fingerprint density at radius 3 is 2.70 bits per heavy atom. The highest BCUT2D eigenvalue weighted by atomic mass is 16.2. The summed E-state index contributed by atoms with van der Waals surface area (Å²) < 4.78 is 0. The van der Waals surface area contributed by atoms with E-state index in [1.54, 1.807) is 6.20 Å². The van der Waals surface area contributed by atoms with Crippen LogP contribution >= 0.6 is 0 Å². The molecule has 2 aliphatic heterocycles. The third-order valence-corrected chi connectivity index (χ3v) is 5.86. The summed E-state index contributed by atoms with van der Waals surface area (Å²) in [6.45, 7) is 6.38. The topological polar surface area (TPSA) is 48.8 Å². The standard InChI is InChI=1S/C25H30N4O/c1-2-24(30)29-15-5-14-28(16-17-29)23-10-8-20(9-11-23)18-21-6-4-13-27-25(21)22-7-3-12-26-19-22/h3,7-12,18-19H,2,4-6,13-17H2,1H3. The first-order valence-corrected chi connectivity index (χ1v) is 11.0. The van der Waals surface area contributed by atoms with Crippen LogP contribution in [0.2, 0.25) is 0 Å². The van der Waals surface area contributed by atoms with Gasteiger partial charge in [-0.2, -0.15) is 0 Å². The molecule has 1 aromatic heterocycles. The lowest BCUT2D eigenvalue weighted by Gasteiger charge is -2.24. The van der Waals surface area contributed by atoms with E-state index in [0.29, 0.717) is 6.42 Å². The van der Waals surface area contributed by atoms with Crippen LogP contribution in [-0.4, -0.2) is 54.2 Å². The van der Waals surface area contributed by atoms with Gasteiger partial charge in [0.15, 0.2) is 0 Å². The van der Waals surface area contributed by atoms with Crippen molar-refractivity contribution in [1.29, 1.82) is 0 Å². The van der Waals surface area contributed by atoms with Crippen molar-refractivity contribution in [2.45, 2.75) is 32.6 Å². The Morgan fingerprint density at radius 2 is 1.93 bits per heavy atom. The van der Waals surface area contributed by atoms with Crippen LogP contribution < -0.4 is 4.90 Å². The van der Waals surface area contributed by atoms with Crippen LogP contribution in [0.15, 0.2) is 59.4 Å². The Labute approximate surface area is 179 Å². The van der Waals surface area contributed by atoms with Gasteiger partial charge in [0.2, 0.25) is 5.91 Å². The molecule has 0 spiro atoms. The SMILES string of the molecule is CCC(=O)N1CCCN(c2ccc(C=C3CCCN=C3c3cccnc3)cc2)CC1. The first-order chi connectivity index (χ1) is 14.7. The average Bonchev–Trinajstić information content (AvgIpc) is 3.06. The average molecular weight is 403 g/mol. The maximum atomic E-state index is 12.0. The summed E-state index contributed by atoms with van der Waals surface area (Å²) in [6, 6.07) is 12.8. The summed E-state index contributed by atoms with van der Waals surface area (Å²) in [5, 5.41) is 0. The number of aliphatic imine (C=N–C) groups is 1. The van der Waals surface area contributed by atoms with Gasteiger partial charge in [-0.15, -0.1) is 0 Å². The molecule has 3 heterocycles. The number of nitrogens with zero attached hydrogens (tertiary/aromatic N) is 4. The molecule has 0 atom stereocenters. The second-order valence-electron chi connectivity index (χ2n) is 7.91. The van der Waals surface area contributed by atoms with E-state index in [1.165, 1.54) is 16.8 Å². The molecule has 0 unspecified atom stereocenters. The van der Waals surface area contributed by atoms with E-state index in [2.05, 4.69) is 46.3 Å². The van der Waals surface area contributed by atoms with E-state index in [4.69, 9.17) is 4.99 Å². The van der Waals surface area contributed by atoms with Gasteiger partial charge in [0.25, 0.3) is 0 Å². The summed E-state index contributed by atoms with van der Waals surface area (Å²) in [7, 11) is 0. The molecule has 156 valence electrons. The molecule has 30 heavy (non-hydrogen) atoms. The number of pyridine rings is 1. The van der Waals surface area contributed by atoms with E-state index >= 15 is 0 Å². The van der Waals surface area contributed by atoms with Gasteiger partial charge in [-0.05, 0) is 60.7 Å². The molecule has 0 N–H and O–H groups in total. The van der Waals surface area contributed by atoms with Crippen LogP contribution in [0.4, 0.5) is 5.69 Å². The maximum absolute atomic E-state index is 12.0. The van der Waals surface area contributed by atoms with Crippen LogP contribution in [0, 0.1) is 0 Å². The first kappa shape index (κ1) is 20.3. The lowest BCUT2D eigenvalue weighted by molar-refractivity contribution is -0.130. The number of allylic oxidation sites excluding steroid dienone is 1. The number of carbonyl (C=O) groups is 1. The fraction of sp³-hybridized carbons (Fsp3) is 0.400. The Balaban J connectivity index is 1.47. The Hall–Kier alpha value is -2.95. The summed E-state index contributed by atoms with van der Waals surface area (Å²) in [5.74, 6) is 0.261. The molecule has 5 nitrogen and oxygen atoms in total. The number of carbonyl (C=O) groups excluding carboxylic acids is 1. The molecule has 2 aliphatic rings. The molecule has 0 bridgehead atoms. The smallest absolute Gasteiger partial charge is 0.222 e. The molecular weight excluding hydrogens is 372 g/mol. The second-order valence-corrected chi connectivity index (χ2v) is 7.91. The van der Waals surface area contributed by atoms with Crippen LogP contribution in [0.3, 0.4) is 0 Å². The number of amides is 1. The summed E-state index contributed by atoms with van der Waals surface area (Å²) in [4.78, 5) is 25.4. The second kappa shape index (κ2) is 9.70. The minimum atomic E-state index is 0.261. The zero-order chi connectivity index (χ0) is 20.8. The van der Waals surface area contributed by atoms with Crippen LogP contribution in [-0.2, 0) is 4.79 Å². The van der Waals surface area contributed by atoms with Crippen molar-refractivity contribution < 1.29 is 4.79 Å². The fourth-order valence-electron chi connectivity index (χ4n) is 4.23. The van der Waals surface area contributed by atoms with Crippen LogP contribution in [0.25, 0.3) is 6.08 Å². The molecule has 0 saturated carbocycles. The van der Waals surface area contributed by atoms with Gasteiger partial charge in [-0.25, -0.2) is 0 Å². The van der Waals surface area contributed by atoms with Crippen molar-refractivity contribution in [3.63, 3.8) is 0 Å². The Bertz CT molecular complexity index is 918. The molecule has 0 aliphatic carbocycles. The highest BCUT2D eigenvalue weighted by Crippen LogP contribution is 2.24. The number of rotatable bonds is 4. The third-order valence-electron chi connectivity index (χ3n) is 5.86. The molecule has 5 heteroatoms. The normalized spacial score (nSPS) is 18.8. The zero-order valence-electron chi connectivity index (χ0n) is 17.8. The predicted molar refractivity (Wildman–Crippen MR) is 123 cm³/mol. The lowest BCUT2D eigenvalue weighted by Crippen LogP contribution is -2.34. The van der Waals surface area contributed by atoms with E-state index in [9.17, 15) is 4.79 Å². The van der Waals surface area contributed by atoms with Crippen molar-refractivity contribution >= 4 is 23.4 Å². The molecule has 1 aromatic carbocycles. The molecular formula is C25H30N4O. The monoisotopic (exact) mass is 402 g/mol. The predicted octanol–water partition coefficient (Wildman–Crippen LogP) is 4.20. The minimum Gasteiger partial charge on any atom is -0.370 e. The van der Waals surface area contributed by atoms with Crippen molar-refractivity contribution in [2.75, 3.05) is 37.6 Å². The highest BCUT2D eigenvalue weighted by Gasteiger charge is 2.18. The zero-order valence-corrected chi connectivity index (χ0v) is 17.8. The molecule has 1 fully saturated rings. The van der Waals surface area contributed by atoms with Gasteiger partial charge in [0.05, 0.1) is 5.71 Å². The fourth-order valence-corrected chi connectivity index (χ4v) is 4.23. The van der Waals surface area contributed by atoms with Gasteiger partial charge in [0.1, 0.15) is 0 Å². The van der Waals surface area contributed by atoms with E-state index < -0.39 is 0 Å². The quantitative estimate of drug-likeness (QED) is 0.770. The van der Waals surface area contributed by atoms with Crippen molar-refractivity contribution in [3.8, 4) is 0 Å². The summed E-state index contributed by atoms with van der Waals surface area (Å²) in [5.41, 5.74) is 5.88. The third kappa shape index (κ3) is 4.78. The lowest BCUT2D eigenvalue weighted by atomic mass is 9.95. The highest BCUT2D eigenvalue weighted by molar-refractivity contribution is 6.15. The van der Waals surface area contributed by atoms with E-state index in [1.807, 2.05) is 24.1 Å². The van der Waals surface area contributed by atoms with E-state index in [-0.39, 0.29) is 5.91 Å². The largest absolute Gasteiger partial charge is 0.370 e. The van der Waals surface area contributed by atoms with Gasteiger partial charge in [-0.3, -0.25) is 14.8 Å². The molecule has 1 amide bonds. The van der Waals surface area contributed by atoms with Gasteiger partial charge >= 0.3 is 0 Å². The van der Waals surface area contributed by atoms with Crippen LogP contribution in [0.5, 0.6) is 0 Å². The molecule has 4 rings (SSSR count). The molecule has 0 radical (unpaired) electrons. The van der Waals surface area contributed by atoms with Gasteiger partial charge in [0, 0.05) is 62.8 Å². The minimum absolute atomic E-state index is 0.261. The number of hydrogen-bond acceptors (Lipinski definition) is 4. The van der Waals surface area contributed by atoms with Crippen molar-refractivity contribution in [2.24, 2.45) is 4.99 Å². The Morgan fingerprint density at radius 1 is 1.07 bits per heavy atom. The number of aromatic nitrogens is 1. The number of hydrogen-bond donors (Lipinski definition) is 0. The van der Waals surface area contributed by atoms with Crippen molar-refractivity contribution in [1.82, 2.24) is 9.88 Å². The molecule has 1 saturated heterocycles. The van der Waals surface area contributed by atoms with Crippen molar-refractivity contribution in [3.05, 3.63) is 65.5 Å². The Kier molecular flexibility index (Phi) is 6.57. The number of anilines is 1. The van der Waals surface area contributed by atoms with Gasteiger partial charge in [-0.1, -0.05) is 19.1 Å². The summed E-state index contributed by atoms with van der Waals surface area (Å²) >= 11 is 0. The summed E-state index contributed by atoms with van der Waals surface area (Å²) in [6.07, 6.45) is 9.70. The molecule has 2 aromatic rings. The maximum Gasteiger partial charge on any atom is 0.222 e. The van der Waals surface area contributed by atoms with E-state index in [0.717, 1.165) is 63.3 Å². The number of benzene rings is 1.